The molecule has 0 aromatic rings. The van der Waals surface area contributed by atoms with Gasteiger partial charge in [-0.15, -0.1) is 0 Å². The minimum atomic E-state index is -0.260. The van der Waals surface area contributed by atoms with Crippen molar-refractivity contribution in [2.24, 2.45) is 5.73 Å². The van der Waals surface area contributed by atoms with Gasteiger partial charge in [-0.25, -0.2) is 0 Å². The third-order valence-electron chi connectivity index (χ3n) is 2.71. The number of primary amides is 1. The van der Waals surface area contributed by atoms with Gasteiger partial charge in [0.25, 0.3) is 0 Å². The second-order valence-electron chi connectivity index (χ2n) is 4.88. The van der Waals surface area contributed by atoms with Crippen molar-refractivity contribution in [2.75, 3.05) is 13.2 Å². The molecule has 1 amide bonds. The van der Waals surface area contributed by atoms with Gasteiger partial charge in [-0.2, -0.15) is 0 Å². The minimum absolute atomic E-state index is 0.204. The number of nitrogens with two attached hydrogens (primary N) is 1. The zero-order valence-electron chi connectivity index (χ0n) is 9.71. The SMILES string of the molecule is CC(C)(CC(N)=O)NCCC1CCCO1. The first-order valence-electron chi connectivity index (χ1n) is 5.64. The van der Waals surface area contributed by atoms with Crippen LogP contribution in [-0.4, -0.2) is 30.7 Å². The van der Waals surface area contributed by atoms with E-state index < -0.39 is 0 Å². The van der Waals surface area contributed by atoms with Gasteiger partial charge < -0.3 is 15.8 Å². The maximum atomic E-state index is 10.8. The summed E-state index contributed by atoms with van der Waals surface area (Å²) in [5.74, 6) is -0.260. The van der Waals surface area contributed by atoms with E-state index in [2.05, 4.69) is 5.32 Å². The van der Waals surface area contributed by atoms with E-state index in [4.69, 9.17) is 10.5 Å². The van der Waals surface area contributed by atoms with Gasteiger partial charge in [0.2, 0.25) is 5.91 Å². The Morgan fingerprint density at radius 1 is 1.60 bits per heavy atom. The van der Waals surface area contributed by atoms with E-state index in [9.17, 15) is 4.79 Å². The molecule has 0 aromatic carbocycles. The van der Waals surface area contributed by atoms with Crippen LogP contribution >= 0.6 is 0 Å². The van der Waals surface area contributed by atoms with Crippen molar-refractivity contribution < 1.29 is 9.53 Å². The van der Waals surface area contributed by atoms with E-state index in [1.54, 1.807) is 0 Å². The fraction of sp³-hybridized carbons (Fsp3) is 0.909. The number of ether oxygens (including phenoxy) is 1. The van der Waals surface area contributed by atoms with Crippen molar-refractivity contribution >= 4 is 5.91 Å². The molecule has 0 radical (unpaired) electrons. The number of carbonyl (C=O) groups excluding carboxylic acids is 1. The molecule has 0 aliphatic carbocycles. The van der Waals surface area contributed by atoms with Gasteiger partial charge in [0.1, 0.15) is 0 Å². The lowest BCUT2D eigenvalue weighted by atomic mass is 10.00. The van der Waals surface area contributed by atoms with Crippen molar-refractivity contribution in [1.82, 2.24) is 5.32 Å². The Balaban J connectivity index is 2.14. The summed E-state index contributed by atoms with van der Waals surface area (Å²) in [6, 6.07) is 0. The zero-order chi connectivity index (χ0) is 11.3. The van der Waals surface area contributed by atoms with E-state index in [1.807, 2.05) is 13.8 Å². The smallest absolute Gasteiger partial charge is 0.219 e. The molecule has 0 saturated carbocycles. The largest absolute Gasteiger partial charge is 0.378 e. The van der Waals surface area contributed by atoms with E-state index in [1.165, 1.54) is 6.42 Å². The molecule has 4 heteroatoms. The Hall–Kier alpha value is -0.610. The van der Waals surface area contributed by atoms with Crippen LogP contribution in [0.15, 0.2) is 0 Å². The molecule has 1 heterocycles. The zero-order valence-corrected chi connectivity index (χ0v) is 9.71. The summed E-state index contributed by atoms with van der Waals surface area (Å²) in [5, 5.41) is 3.34. The van der Waals surface area contributed by atoms with Crippen LogP contribution in [0.25, 0.3) is 0 Å². The van der Waals surface area contributed by atoms with E-state index in [-0.39, 0.29) is 11.4 Å². The summed E-state index contributed by atoms with van der Waals surface area (Å²) >= 11 is 0. The van der Waals surface area contributed by atoms with Gasteiger partial charge in [-0.05, 0) is 39.7 Å². The molecule has 4 nitrogen and oxygen atoms in total. The van der Waals surface area contributed by atoms with Crippen LogP contribution in [0.2, 0.25) is 0 Å². The quantitative estimate of drug-likeness (QED) is 0.687. The molecule has 0 aromatic heterocycles. The van der Waals surface area contributed by atoms with Crippen LogP contribution in [0.5, 0.6) is 0 Å². The van der Waals surface area contributed by atoms with Crippen LogP contribution in [0.4, 0.5) is 0 Å². The Kier molecular flexibility index (Phi) is 4.54. The monoisotopic (exact) mass is 214 g/mol. The molecule has 0 bridgehead atoms. The van der Waals surface area contributed by atoms with Gasteiger partial charge in [-0.1, -0.05) is 0 Å². The Morgan fingerprint density at radius 2 is 2.33 bits per heavy atom. The first kappa shape index (κ1) is 12.5. The van der Waals surface area contributed by atoms with Crippen LogP contribution in [0, 0.1) is 0 Å². The third-order valence-corrected chi connectivity index (χ3v) is 2.71. The van der Waals surface area contributed by atoms with E-state index >= 15 is 0 Å². The highest BCUT2D eigenvalue weighted by Crippen LogP contribution is 2.15. The topological polar surface area (TPSA) is 64.4 Å². The molecule has 15 heavy (non-hydrogen) atoms. The molecule has 0 spiro atoms. The predicted octanol–water partition coefficient (Wildman–Crippen LogP) is 0.799. The number of amides is 1. The van der Waals surface area contributed by atoms with Crippen LogP contribution < -0.4 is 11.1 Å². The molecule has 1 fully saturated rings. The number of nitrogens with one attached hydrogen (secondary N) is 1. The van der Waals surface area contributed by atoms with Crippen molar-refractivity contribution in [3.63, 3.8) is 0 Å². The fourth-order valence-corrected chi connectivity index (χ4v) is 1.94. The predicted molar refractivity (Wildman–Crippen MR) is 59.5 cm³/mol. The second kappa shape index (κ2) is 5.47. The Morgan fingerprint density at radius 3 is 2.87 bits per heavy atom. The van der Waals surface area contributed by atoms with Crippen LogP contribution in [0.3, 0.4) is 0 Å². The second-order valence-corrected chi connectivity index (χ2v) is 4.88. The van der Waals surface area contributed by atoms with Crippen LogP contribution in [-0.2, 0) is 9.53 Å². The molecule has 1 rings (SSSR count). The summed E-state index contributed by atoms with van der Waals surface area (Å²) in [7, 11) is 0. The number of rotatable bonds is 6. The van der Waals surface area contributed by atoms with Crippen molar-refractivity contribution in [1.29, 1.82) is 0 Å². The minimum Gasteiger partial charge on any atom is -0.378 e. The van der Waals surface area contributed by atoms with Crippen molar-refractivity contribution in [3.05, 3.63) is 0 Å². The van der Waals surface area contributed by atoms with Crippen molar-refractivity contribution in [2.45, 2.75) is 51.2 Å². The summed E-state index contributed by atoms with van der Waals surface area (Å²) in [4.78, 5) is 10.8. The molecular formula is C11H22N2O2. The fourth-order valence-electron chi connectivity index (χ4n) is 1.94. The lowest BCUT2D eigenvalue weighted by Crippen LogP contribution is -2.43. The number of carbonyl (C=O) groups is 1. The highest BCUT2D eigenvalue weighted by molar-refractivity contribution is 5.74. The van der Waals surface area contributed by atoms with Crippen molar-refractivity contribution in [3.8, 4) is 0 Å². The highest BCUT2D eigenvalue weighted by atomic mass is 16.5. The Labute approximate surface area is 91.5 Å². The lowest BCUT2D eigenvalue weighted by molar-refractivity contribution is -0.119. The molecule has 1 unspecified atom stereocenters. The average Bonchev–Trinajstić information content (AvgIpc) is 2.53. The first-order valence-corrected chi connectivity index (χ1v) is 5.64. The molecular weight excluding hydrogens is 192 g/mol. The normalized spacial score (nSPS) is 21.9. The summed E-state index contributed by atoms with van der Waals surface area (Å²) in [6.07, 6.45) is 4.13. The summed E-state index contributed by atoms with van der Waals surface area (Å²) < 4.78 is 5.52. The van der Waals surface area contributed by atoms with E-state index in [0.717, 1.165) is 26.0 Å². The third kappa shape index (κ3) is 5.14. The highest BCUT2D eigenvalue weighted by Gasteiger charge is 2.21. The molecule has 1 atom stereocenters. The number of hydrogen-bond acceptors (Lipinski definition) is 3. The maximum absolute atomic E-state index is 10.8. The van der Waals surface area contributed by atoms with Crippen LogP contribution in [0.1, 0.15) is 39.5 Å². The summed E-state index contributed by atoms with van der Waals surface area (Å²) in [6.45, 7) is 5.76. The van der Waals surface area contributed by atoms with Gasteiger partial charge >= 0.3 is 0 Å². The standard InChI is InChI=1S/C11H22N2O2/c1-11(2,8-10(12)14)13-6-5-9-4-3-7-15-9/h9,13H,3-8H2,1-2H3,(H2,12,14). The average molecular weight is 214 g/mol. The summed E-state index contributed by atoms with van der Waals surface area (Å²) in [5.41, 5.74) is 4.96. The first-order chi connectivity index (χ1) is 6.99. The molecule has 1 saturated heterocycles. The Bertz CT molecular complexity index is 211. The van der Waals surface area contributed by atoms with Gasteiger partial charge in [-0.3, -0.25) is 4.79 Å². The number of hydrogen-bond donors (Lipinski definition) is 2. The van der Waals surface area contributed by atoms with Gasteiger partial charge in [0, 0.05) is 18.6 Å². The molecule has 3 N–H and O–H groups in total. The van der Waals surface area contributed by atoms with Gasteiger partial charge in [0.05, 0.1) is 6.10 Å². The maximum Gasteiger partial charge on any atom is 0.219 e. The lowest BCUT2D eigenvalue weighted by Gasteiger charge is -2.25. The molecule has 88 valence electrons. The van der Waals surface area contributed by atoms with E-state index in [0.29, 0.717) is 12.5 Å². The molecule has 1 aliphatic rings. The van der Waals surface area contributed by atoms with Gasteiger partial charge in [0.15, 0.2) is 0 Å². The molecule has 1 aliphatic heterocycles.